The van der Waals surface area contributed by atoms with Gasteiger partial charge in [-0.3, -0.25) is 0 Å². The van der Waals surface area contributed by atoms with Crippen LogP contribution in [0.2, 0.25) is 0 Å². The van der Waals surface area contributed by atoms with E-state index < -0.39 is 0 Å². The summed E-state index contributed by atoms with van der Waals surface area (Å²) in [7, 11) is 0. The van der Waals surface area contributed by atoms with E-state index in [4.69, 9.17) is 9.47 Å². The molecule has 2 bridgehead atoms. The summed E-state index contributed by atoms with van der Waals surface area (Å²) >= 11 is 0. The minimum absolute atomic E-state index is 0.180. The van der Waals surface area contributed by atoms with Gasteiger partial charge in [0.15, 0.2) is 6.29 Å². The monoisotopic (exact) mass is 194 g/mol. The van der Waals surface area contributed by atoms with Gasteiger partial charge < -0.3 is 9.47 Å². The first kappa shape index (κ1) is 8.12. The molecule has 0 aromatic heterocycles. The molecule has 0 radical (unpaired) electrons. The van der Waals surface area contributed by atoms with Crippen LogP contribution in [-0.2, 0) is 9.47 Å². The van der Waals surface area contributed by atoms with Crippen LogP contribution in [0.1, 0.15) is 32.6 Å². The van der Waals surface area contributed by atoms with Gasteiger partial charge in [-0.15, -0.1) is 0 Å². The van der Waals surface area contributed by atoms with Crippen molar-refractivity contribution in [3.8, 4) is 0 Å². The van der Waals surface area contributed by atoms with Gasteiger partial charge in [0.25, 0.3) is 0 Å². The zero-order valence-electron chi connectivity index (χ0n) is 8.74. The average Bonchev–Trinajstić information content (AvgIpc) is 2.66. The van der Waals surface area contributed by atoms with Gasteiger partial charge in [0, 0.05) is 11.3 Å². The molecule has 1 spiro atoms. The van der Waals surface area contributed by atoms with Crippen molar-refractivity contribution in [2.75, 3.05) is 6.61 Å². The molecule has 4 fully saturated rings. The largest absolute Gasteiger partial charge is 0.352 e. The zero-order chi connectivity index (χ0) is 9.34. The van der Waals surface area contributed by atoms with Crippen LogP contribution in [-0.4, -0.2) is 19.0 Å². The van der Waals surface area contributed by atoms with Gasteiger partial charge in [-0.2, -0.15) is 0 Å². The molecule has 78 valence electrons. The third-order valence-corrected chi connectivity index (χ3v) is 5.50. The van der Waals surface area contributed by atoms with Gasteiger partial charge in [0.2, 0.25) is 0 Å². The highest BCUT2D eigenvalue weighted by Crippen LogP contribution is 2.68. The summed E-state index contributed by atoms with van der Waals surface area (Å²) in [6, 6.07) is 0. The highest BCUT2D eigenvalue weighted by Gasteiger charge is 2.68. The van der Waals surface area contributed by atoms with Crippen molar-refractivity contribution in [2.45, 2.75) is 45.0 Å². The summed E-state index contributed by atoms with van der Waals surface area (Å²) in [6.45, 7) is 3.32. The van der Waals surface area contributed by atoms with Crippen molar-refractivity contribution < 1.29 is 9.47 Å². The third kappa shape index (κ3) is 0.674. The van der Waals surface area contributed by atoms with Gasteiger partial charge in [-0.05, 0) is 31.1 Å². The normalized spacial score (nSPS) is 63.6. The van der Waals surface area contributed by atoms with Gasteiger partial charge in [-0.25, -0.2) is 0 Å². The first-order valence-corrected chi connectivity index (χ1v) is 6.12. The fourth-order valence-electron chi connectivity index (χ4n) is 4.73. The Balaban J connectivity index is 1.78. The maximum atomic E-state index is 6.03. The molecule has 4 aliphatic rings. The van der Waals surface area contributed by atoms with Crippen LogP contribution in [0.3, 0.4) is 0 Å². The van der Waals surface area contributed by atoms with E-state index in [2.05, 4.69) is 6.92 Å². The molecule has 4 rings (SSSR count). The molecule has 6 atom stereocenters. The topological polar surface area (TPSA) is 18.5 Å². The van der Waals surface area contributed by atoms with Crippen LogP contribution in [0.4, 0.5) is 0 Å². The first-order chi connectivity index (χ1) is 6.85. The summed E-state index contributed by atoms with van der Waals surface area (Å²) in [5.74, 6) is 2.53. The SMILES string of the molecule is CCC1C2CC3C(OCC34CCC14)O2. The maximum absolute atomic E-state index is 6.03. The van der Waals surface area contributed by atoms with Crippen LogP contribution in [0.15, 0.2) is 0 Å². The van der Waals surface area contributed by atoms with Crippen LogP contribution >= 0.6 is 0 Å². The van der Waals surface area contributed by atoms with E-state index in [1.807, 2.05) is 0 Å². The lowest BCUT2D eigenvalue weighted by Crippen LogP contribution is -2.54. The standard InChI is InChI=1S/C12H18O2/c1-2-7-8-3-4-12(8)6-13-11-9(12)5-10(7)14-11/h7-11H,2-6H2,1H3. The van der Waals surface area contributed by atoms with Crippen molar-refractivity contribution in [1.29, 1.82) is 0 Å². The number of rotatable bonds is 1. The van der Waals surface area contributed by atoms with Crippen molar-refractivity contribution in [2.24, 2.45) is 23.2 Å². The number of fused-ring (bicyclic) bond motifs is 1. The molecule has 2 aliphatic heterocycles. The Morgan fingerprint density at radius 1 is 1.36 bits per heavy atom. The molecule has 14 heavy (non-hydrogen) atoms. The molecule has 0 aromatic carbocycles. The van der Waals surface area contributed by atoms with Gasteiger partial charge >= 0.3 is 0 Å². The molecule has 2 aliphatic carbocycles. The number of hydrogen-bond acceptors (Lipinski definition) is 2. The second-order valence-electron chi connectivity index (χ2n) is 5.65. The lowest BCUT2D eigenvalue weighted by molar-refractivity contribution is -0.167. The molecule has 0 N–H and O–H groups in total. The minimum Gasteiger partial charge on any atom is -0.352 e. The molecular formula is C12H18O2. The molecule has 2 heteroatoms. The second kappa shape index (κ2) is 2.35. The summed E-state index contributed by atoms with van der Waals surface area (Å²) in [4.78, 5) is 0. The molecule has 2 saturated carbocycles. The lowest BCUT2D eigenvalue weighted by Gasteiger charge is -2.56. The molecule has 0 aromatic rings. The Kier molecular flexibility index (Phi) is 1.37. The average molecular weight is 194 g/mol. The van der Waals surface area contributed by atoms with E-state index in [0.29, 0.717) is 11.5 Å². The first-order valence-electron chi connectivity index (χ1n) is 6.12. The maximum Gasteiger partial charge on any atom is 0.161 e. The Hall–Kier alpha value is -0.0800. The lowest BCUT2D eigenvalue weighted by atomic mass is 9.47. The van der Waals surface area contributed by atoms with E-state index in [1.54, 1.807) is 0 Å². The van der Waals surface area contributed by atoms with Crippen LogP contribution in [0.5, 0.6) is 0 Å². The van der Waals surface area contributed by atoms with E-state index >= 15 is 0 Å². The molecule has 6 unspecified atom stereocenters. The highest BCUT2D eigenvalue weighted by atomic mass is 16.7. The Morgan fingerprint density at radius 3 is 3.00 bits per heavy atom. The Bertz CT molecular complexity index is 277. The predicted molar refractivity (Wildman–Crippen MR) is 51.7 cm³/mol. The van der Waals surface area contributed by atoms with Gasteiger partial charge in [0.05, 0.1) is 12.7 Å². The summed E-state index contributed by atoms with van der Waals surface area (Å²) in [6.07, 6.45) is 6.15. The minimum atomic E-state index is 0.180. The summed E-state index contributed by atoms with van der Waals surface area (Å²) < 4.78 is 11.8. The third-order valence-electron chi connectivity index (χ3n) is 5.50. The summed E-state index contributed by atoms with van der Waals surface area (Å²) in [5.41, 5.74) is 0.568. The predicted octanol–water partition coefficient (Wildman–Crippen LogP) is 2.18. The number of ether oxygens (including phenoxy) is 2. The van der Waals surface area contributed by atoms with Crippen molar-refractivity contribution in [3.05, 3.63) is 0 Å². The fraction of sp³-hybridized carbons (Fsp3) is 1.00. The second-order valence-corrected chi connectivity index (χ2v) is 5.65. The van der Waals surface area contributed by atoms with E-state index in [1.165, 1.54) is 25.7 Å². The van der Waals surface area contributed by atoms with E-state index in [-0.39, 0.29) is 6.29 Å². The molecular weight excluding hydrogens is 176 g/mol. The Labute approximate surface area is 85.0 Å². The van der Waals surface area contributed by atoms with Crippen molar-refractivity contribution >= 4 is 0 Å². The molecule has 0 amide bonds. The molecule has 2 heterocycles. The smallest absolute Gasteiger partial charge is 0.161 e. The molecule has 2 saturated heterocycles. The van der Waals surface area contributed by atoms with Gasteiger partial charge in [-0.1, -0.05) is 13.3 Å². The van der Waals surface area contributed by atoms with Crippen LogP contribution in [0.25, 0.3) is 0 Å². The fourth-order valence-corrected chi connectivity index (χ4v) is 4.73. The van der Waals surface area contributed by atoms with Crippen molar-refractivity contribution in [3.63, 3.8) is 0 Å². The number of hydrogen-bond donors (Lipinski definition) is 0. The summed E-state index contributed by atoms with van der Waals surface area (Å²) in [5, 5.41) is 0. The zero-order valence-corrected chi connectivity index (χ0v) is 8.74. The van der Waals surface area contributed by atoms with Crippen LogP contribution < -0.4 is 0 Å². The van der Waals surface area contributed by atoms with Gasteiger partial charge in [0.1, 0.15) is 0 Å². The Morgan fingerprint density at radius 2 is 2.29 bits per heavy atom. The van der Waals surface area contributed by atoms with E-state index in [0.717, 1.165) is 24.4 Å². The van der Waals surface area contributed by atoms with Crippen molar-refractivity contribution in [1.82, 2.24) is 0 Å². The molecule has 2 nitrogen and oxygen atoms in total. The highest BCUT2D eigenvalue weighted by molar-refractivity contribution is 5.13. The quantitative estimate of drug-likeness (QED) is 0.637. The van der Waals surface area contributed by atoms with Crippen LogP contribution in [0, 0.1) is 23.2 Å². The van der Waals surface area contributed by atoms with E-state index in [9.17, 15) is 0 Å².